The molecule has 1 aromatic rings. The van der Waals surface area contributed by atoms with E-state index in [-0.39, 0.29) is 17.7 Å². The number of morpholine rings is 1. The molecule has 0 amide bonds. The Hall–Kier alpha value is -1.04. The molecule has 112 valence electrons. The Morgan fingerprint density at radius 1 is 1.40 bits per heavy atom. The van der Waals surface area contributed by atoms with E-state index in [1.807, 2.05) is 20.8 Å². The highest BCUT2D eigenvalue weighted by Crippen LogP contribution is 2.29. The third kappa shape index (κ3) is 3.34. The van der Waals surface area contributed by atoms with Crippen LogP contribution in [-0.4, -0.2) is 36.2 Å². The quantitative estimate of drug-likeness (QED) is 0.926. The molecule has 0 aliphatic carbocycles. The molecule has 3 nitrogen and oxygen atoms in total. The lowest BCUT2D eigenvalue weighted by atomic mass is 9.99. The fourth-order valence-corrected chi connectivity index (χ4v) is 2.96. The first-order valence-electron chi connectivity index (χ1n) is 6.89. The first-order valence-corrected chi connectivity index (χ1v) is 6.89. The summed E-state index contributed by atoms with van der Waals surface area (Å²) in [7, 11) is 0. The third-order valence-corrected chi connectivity index (χ3v) is 3.59. The van der Waals surface area contributed by atoms with Gasteiger partial charge in [-0.25, -0.2) is 8.78 Å². The summed E-state index contributed by atoms with van der Waals surface area (Å²) in [6, 6.07) is 3.86. The second-order valence-electron chi connectivity index (χ2n) is 6.04. The average molecular weight is 284 g/mol. The van der Waals surface area contributed by atoms with Gasteiger partial charge in [-0.05, 0) is 38.5 Å². The minimum atomic E-state index is -0.833. The Balaban J connectivity index is 2.25. The number of hydrogen-bond donors (Lipinski definition) is 1. The number of benzene rings is 1. The van der Waals surface area contributed by atoms with Crippen LogP contribution in [-0.2, 0) is 4.74 Å². The van der Waals surface area contributed by atoms with Crippen LogP contribution < -0.4 is 5.73 Å². The average Bonchev–Trinajstić information content (AvgIpc) is 2.32. The van der Waals surface area contributed by atoms with Gasteiger partial charge in [-0.2, -0.15) is 0 Å². The maximum atomic E-state index is 13.4. The first kappa shape index (κ1) is 15.4. The second kappa shape index (κ2) is 5.76. The standard InChI is InChI=1S/C15H22F2N2O/c1-10-8-19(9-15(2,3)20-10)14(7-18)11-4-5-12(16)13(17)6-11/h4-6,10,14H,7-9,18H2,1-3H3. The molecule has 1 aliphatic rings. The molecule has 1 aliphatic heterocycles. The topological polar surface area (TPSA) is 38.5 Å². The van der Waals surface area contributed by atoms with Crippen molar-refractivity contribution in [3.63, 3.8) is 0 Å². The number of nitrogens with zero attached hydrogens (tertiary/aromatic N) is 1. The third-order valence-electron chi connectivity index (χ3n) is 3.59. The maximum Gasteiger partial charge on any atom is 0.159 e. The van der Waals surface area contributed by atoms with Crippen molar-refractivity contribution in [1.29, 1.82) is 0 Å². The van der Waals surface area contributed by atoms with Crippen LogP contribution in [0.5, 0.6) is 0 Å². The summed E-state index contributed by atoms with van der Waals surface area (Å²) < 4.78 is 32.3. The molecule has 2 unspecified atom stereocenters. The zero-order valence-corrected chi connectivity index (χ0v) is 12.2. The molecule has 1 heterocycles. The summed E-state index contributed by atoms with van der Waals surface area (Å²) in [5.74, 6) is -1.67. The number of rotatable bonds is 3. The van der Waals surface area contributed by atoms with Crippen LogP contribution in [0.25, 0.3) is 0 Å². The van der Waals surface area contributed by atoms with Gasteiger partial charge in [0.15, 0.2) is 11.6 Å². The lowest BCUT2D eigenvalue weighted by Gasteiger charge is -2.45. The van der Waals surface area contributed by atoms with Crippen LogP contribution in [0.15, 0.2) is 18.2 Å². The first-order chi connectivity index (χ1) is 9.32. The van der Waals surface area contributed by atoms with Gasteiger partial charge < -0.3 is 10.5 Å². The number of ether oxygens (including phenoxy) is 1. The van der Waals surface area contributed by atoms with Gasteiger partial charge in [-0.3, -0.25) is 4.90 Å². The van der Waals surface area contributed by atoms with E-state index in [1.165, 1.54) is 6.07 Å². The lowest BCUT2D eigenvalue weighted by Crippen LogP contribution is -2.53. The molecule has 1 saturated heterocycles. The SMILES string of the molecule is CC1CN(C(CN)c2ccc(F)c(F)c2)CC(C)(C)O1. The molecule has 2 atom stereocenters. The Kier molecular flexibility index (Phi) is 4.42. The Bertz CT molecular complexity index is 479. The van der Waals surface area contributed by atoms with Gasteiger partial charge in [0.25, 0.3) is 0 Å². The van der Waals surface area contributed by atoms with Crippen molar-refractivity contribution in [1.82, 2.24) is 4.90 Å². The minimum absolute atomic E-state index is 0.0816. The summed E-state index contributed by atoms with van der Waals surface area (Å²) in [6.45, 7) is 7.84. The monoisotopic (exact) mass is 284 g/mol. The normalized spacial score (nSPS) is 24.6. The van der Waals surface area contributed by atoms with Crippen LogP contribution in [0.4, 0.5) is 8.78 Å². The molecule has 0 radical (unpaired) electrons. The van der Waals surface area contributed by atoms with Gasteiger partial charge >= 0.3 is 0 Å². The number of hydrogen-bond acceptors (Lipinski definition) is 3. The van der Waals surface area contributed by atoms with Gasteiger partial charge in [0, 0.05) is 25.7 Å². The van der Waals surface area contributed by atoms with E-state index in [0.29, 0.717) is 18.7 Å². The zero-order chi connectivity index (χ0) is 14.9. The van der Waals surface area contributed by atoms with Gasteiger partial charge in [-0.15, -0.1) is 0 Å². The molecule has 2 rings (SSSR count). The summed E-state index contributed by atoms with van der Waals surface area (Å²) in [6.07, 6.45) is 0.0816. The molecule has 0 spiro atoms. The highest BCUT2D eigenvalue weighted by atomic mass is 19.2. The molecule has 0 aromatic heterocycles. The van der Waals surface area contributed by atoms with Gasteiger partial charge in [-0.1, -0.05) is 6.07 Å². The summed E-state index contributed by atoms with van der Waals surface area (Å²) >= 11 is 0. The van der Waals surface area contributed by atoms with Crippen molar-refractivity contribution in [2.24, 2.45) is 5.73 Å². The molecule has 1 fully saturated rings. The van der Waals surface area contributed by atoms with Crippen molar-refractivity contribution < 1.29 is 13.5 Å². The van der Waals surface area contributed by atoms with E-state index < -0.39 is 11.6 Å². The number of halogens is 2. The zero-order valence-electron chi connectivity index (χ0n) is 12.2. The smallest absolute Gasteiger partial charge is 0.159 e. The van der Waals surface area contributed by atoms with E-state index >= 15 is 0 Å². The molecule has 20 heavy (non-hydrogen) atoms. The highest BCUT2D eigenvalue weighted by molar-refractivity contribution is 5.22. The molecule has 0 saturated carbocycles. The van der Waals surface area contributed by atoms with Gasteiger partial charge in [0.05, 0.1) is 11.7 Å². The molecular weight excluding hydrogens is 262 g/mol. The number of nitrogens with two attached hydrogens (primary N) is 1. The molecule has 0 bridgehead atoms. The van der Waals surface area contributed by atoms with E-state index in [4.69, 9.17) is 10.5 Å². The van der Waals surface area contributed by atoms with E-state index in [9.17, 15) is 8.78 Å². The van der Waals surface area contributed by atoms with E-state index in [2.05, 4.69) is 4.90 Å². The van der Waals surface area contributed by atoms with Crippen molar-refractivity contribution in [2.45, 2.75) is 38.5 Å². The van der Waals surface area contributed by atoms with Crippen molar-refractivity contribution in [3.05, 3.63) is 35.4 Å². The molecular formula is C15H22F2N2O. The maximum absolute atomic E-state index is 13.4. The van der Waals surface area contributed by atoms with Crippen LogP contribution in [0.1, 0.15) is 32.4 Å². The summed E-state index contributed by atoms with van der Waals surface area (Å²) in [4.78, 5) is 2.18. The minimum Gasteiger partial charge on any atom is -0.370 e. The predicted molar refractivity (Wildman–Crippen MR) is 74.4 cm³/mol. The van der Waals surface area contributed by atoms with E-state index in [1.54, 1.807) is 6.07 Å². The van der Waals surface area contributed by atoms with Gasteiger partial charge in [0.2, 0.25) is 0 Å². The molecule has 2 N–H and O–H groups in total. The van der Waals surface area contributed by atoms with E-state index in [0.717, 1.165) is 12.6 Å². The largest absolute Gasteiger partial charge is 0.370 e. The van der Waals surface area contributed by atoms with Crippen LogP contribution in [0, 0.1) is 11.6 Å². The fourth-order valence-electron chi connectivity index (χ4n) is 2.96. The van der Waals surface area contributed by atoms with Crippen molar-refractivity contribution in [2.75, 3.05) is 19.6 Å². The van der Waals surface area contributed by atoms with Gasteiger partial charge in [0.1, 0.15) is 0 Å². The highest BCUT2D eigenvalue weighted by Gasteiger charge is 2.34. The molecule has 5 heteroatoms. The Morgan fingerprint density at radius 3 is 2.65 bits per heavy atom. The summed E-state index contributed by atoms with van der Waals surface area (Å²) in [5, 5.41) is 0. The van der Waals surface area contributed by atoms with Crippen LogP contribution in [0.2, 0.25) is 0 Å². The fraction of sp³-hybridized carbons (Fsp3) is 0.600. The van der Waals surface area contributed by atoms with Crippen LogP contribution in [0.3, 0.4) is 0 Å². The predicted octanol–water partition coefficient (Wildman–Crippen LogP) is 2.46. The Morgan fingerprint density at radius 2 is 2.10 bits per heavy atom. The van der Waals surface area contributed by atoms with Crippen molar-refractivity contribution >= 4 is 0 Å². The van der Waals surface area contributed by atoms with Crippen LogP contribution >= 0.6 is 0 Å². The second-order valence-corrected chi connectivity index (χ2v) is 6.04. The van der Waals surface area contributed by atoms with Crippen molar-refractivity contribution in [3.8, 4) is 0 Å². The lowest BCUT2D eigenvalue weighted by molar-refractivity contribution is -0.137. The summed E-state index contributed by atoms with van der Waals surface area (Å²) in [5.41, 5.74) is 6.29. The molecule has 1 aromatic carbocycles. The Labute approximate surface area is 118 Å².